The third-order valence-electron chi connectivity index (χ3n) is 6.71. The molecule has 2 aromatic rings. The van der Waals surface area contributed by atoms with E-state index in [9.17, 15) is 0 Å². The fraction of sp³-hybridized carbons (Fsp3) is 0.600. The van der Waals surface area contributed by atoms with Crippen molar-refractivity contribution in [2.75, 3.05) is 38.6 Å². The number of nitrogens with one attached hydrogen (secondary N) is 2. The zero-order chi connectivity index (χ0) is 21.6. The first kappa shape index (κ1) is 25.0. The number of nitrogens with zero attached hydrogens (tertiary/aromatic N) is 4. The fourth-order valence-corrected chi connectivity index (χ4v) is 4.95. The molecule has 1 aromatic carbocycles. The number of fused-ring (bicyclic) bond motifs is 1. The zero-order valence-corrected chi connectivity index (χ0v) is 22.1. The summed E-state index contributed by atoms with van der Waals surface area (Å²) in [5.41, 5.74) is 2.23. The Hall–Kier alpha value is -1.61. The minimum absolute atomic E-state index is 0. The Balaban J connectivity index is 0.00000289. The van der Waals surface area contributed by atoms with Crippen molar-refractivity contribution >= 4 is 46.7 Å². The van der Waals surface area contributed by atoms with E-state index in [1.54, 1.807) is 0 Å². The second-order valence-corrected chi connectivity index (χ2v) is 9.14. The number of halogens is 1. The van der Waals surface area contributed by atoms with E-state index in [-0.39, 0.29) is 24.0 Å². The lowest BCUT2D eigenvalue weighted by atomic mass is 10.0. The van der Waals surface area contributed by atoms with Crippen LogP contribution in [0.4, 0.5) is 5.82 Å². The van der Waals surface area contributed by atoms with Crippen LogP contribution in [0.1, 0.15) is 51.0 Å². The molecular formula is C25H39IN6. The molecule has 2 heterocycles. The quantitative estimate of drug-likeness (QED) is 0.318. The topological polar surface area (TPSA) is 55.8 Å². The van der Waals surface area contributed by atoms with Crippen molar-refractivity contribution in [1.29, 1.82) is 0 Å². The molecule has 0 bridgehead atoms. The van der Waals surface area contributed by atoms with Gasteiger partial charge in [0.25, 0.3) is 0 Å². The predicted octanol–water partition coefficient (Wildman–Crippen LogP) is 4.38. The van der Waals surface area contributed by atoms with Crippen LogP contribution in [-0.2, 0) is 6.54 Å². The average molecular weight is 551 g/mol. The number of pyridine rings is 1. The van der Waals surface area contributed by atoms with Crippen molar-refractivity contribution < 1.29 is 0 Å². The molecule has 1 aliphatic carbocycles. The summed E-state index contributed by atoms with van der Waals surface area (Å²) in [5, 5.41) is 8.34. The van der Waals surface area contributed by atoms with E-state index in [1.165, 1.54) is 62.6 Å². The molecule has 0 radical (unpaired) electrons. The van der Waals surface area contributed by atoms with E-state index in [1.807, 2.05) is 20.2 Å². The number of hydrogen-bond donors (Lipinski definition) is 2. The smallest absolute Gasteiger partial charge is 0.191 e. The first-order valence-electron chi connectivity index (χ1n) is 12.0. The molecule has 32 heavy (non-hydrogen) atoms. The number of rotatable bonds is 6. The number of hydrogen-bond acceptors (Lipinski definition) is 4. The summed E-state index contributed by atoms with van der Waals surface area (Å²) in [4.78, 5) is 14.5. The number of likely N-dealkylation sites (tertiary alicyclic amines) is 1. The number of para-hydroxylation sites is 1. The van der Waals surface area contributed by atoms with Gasteiger partial charge in [-0.3, -0.25) is 0 Å². The van der Waals surface area contributed by atoms with Gasteiger partial charge in [-0.05, 0) is 50.3 Å². The average Bonchev–Trinajstić information content (AvgIpc) is 3.32. The number of aromatic nitrogens is 1. The molecule has 176 valence electrons. The molecule has 2 N–H and O–H groups in total. The van der Waals surface area contributed by atoms with Crippen LogP contribution in [-0.4, -0.2) is 61.7 Å². The van der Waals surface area contributed by atoms with Gasteiger partial charge in [0.2, 0.25) is 0 Å². The molecule has 0 spiro atoms. The molecule has 2 aliphatic rings. The van der Waals surface area contributed by atoms with E-state index in [4.69, 9.17) is 9.98 Å². The van der Waals surface area contributed by atoms with E-state index < -0.39 is 0 Å². The highest BCUT2D eigenvalue weighted by molar-refractivity contribution is 14.0. The molecule has 0 amide bonds. The summed E-state index contributed by atoms with van der Waals surface area (Å²) in [7, 11) is 4.07. The van der Waals surface area contributed by atoms with E-state index in [0.717, 1.165) is 29.9 Å². The maximum absolute atomic E-state index is 4.96. The van der Waals surface area contributed by atoms with Crippen molar-refractivity contribution in [2.45, 2.75) is 64.1 Å². The van der Waals surface area contributed by atoms with Gasteiger partial charge in [0, 0.05) is 51.2 Å². The lowest BCUT2D eigenvalue weighted by molar-refractivity contribution is 0.150. The van der Waals surface area contributed by atoms with Crippen LogP contribution < -0.4 is 15.5 Å². The summed E-state index contributed by atoms with van der Waals surface area (Å²) in [6, 6.07) is 11.9. The van der Waals surface area contributed by atoms with Crippen LogP contribution in [0.2, 0.25) is 0 Å². The maximum atomic E-state index is 4.96. The van der Waals surface area contributed by atoms with E-state index in [2.05, 4.69) is 51.6 Å². The predicted molar refractivity (Wildman–Crippen MR) is 146 cm³/mol. The number of guanidine groups is 1. The van der Waals surface area contributed by atoms with Gasteiger partial charge in [-0.2, -0.15) is 0 Å². The summed E-state index contributed by atoms with van der Waals surface area (Å²) in [6.45, 7) is 6.06. The maximum Gasteiger partial charge on any atom is 0.191 e. The molecular weight excluding hydrogens is 511 g/mol. The van der Waals surface area contributed by atoms with Crippen molar-refractivity contribution in [1.82, 2.24) is 20.5 Å². The minimum atomic E-state index is 0. The monoisotopic (exact) mass is 550 g/mol. The lowest BCUT2D eigenvalue weighted by Gasteiger charge is -2.36. The molecule has 1 aromatic heterocycles. The SMILES string of the molecule is CCNC(=NCc1cc(N(C)C)nc2ccccc12)NC1CCN(C2CCCC2)CC1.I. The highest BCUT2D eigenvalue weighted by atomic mass is 127. The Labute approximate surface area is 210 Å². The number of piperidine rings is 1. The molecule has 0 unspecified atom stereocenters. The Morgan fingerprint density at radius 2 is 1.84 bits per heavy atom. The Morgan fingerprint density at radius 1 is 1.12 bits per heavy atom. The Bertz CT molecular complexity index is 885. The normalized spacial score (nSPS) is 18.5. The molecule has 1 saturated carbocycles. The van der Waals surface area contributed by atoms with E-state index >= 15 is 0 Å². The molecule has 1 aliphatic heterocycles. The lowest BCUT2D eigenvalue weighted by Crippen LogP contribution is -2.50. The molecule has 0 atom stereocenters. The summed E-state index contributed by atoms with van der Waals surface area (Å²) in [6.07, 6.45) is 8.03. The first-order chi connectivity index (χ1) is 15.1. The van der Waals surface area contributed by atoms with Gasteiger partial charge in [0.1, 0.15) is 5.82 Å². The first-order valence-corrected chi connectivity index (χ1v) is 12.0. The largest absolute Gasteiger partial charge is 0.363 e. The Morgan fingerprint density at radius 3 is 2.53 bits per heavy atom. The number of aliphatic imine (C=N–C) groups is 1. The van der Waals surface area contributed by atoms with Gasteiger partial charge in [-0.1, -0.05) is 31.0 Å². The molecule has 4 rings (SSSR count). The minimum Gasteiger partial charge on any atom is -0.363 e. The van der Waals surface area contributed by atoms with Crippen LogP contribution in [0.3, 0.4) is 0 Å². The van der Waals surface area contributed by atoms with Crippen molar-refractivity contribution in [3.05, 3.63) is 35.9 Å². The van der Waals surface area contributed by atoms with Gasteiger partial charge in [-0.25, -0.2) is 9.98 Å². The summed E-state index contributed by atoms with van der Waals surface area (Å²) >= 11 is 0. The molecule has 7 heteroatoms. The van der Waals surface area contributed by atoms with Crippen LogP contribution in [0.5, 0.6) is 0 Å². The summed E-state index contributed by atoms with van der Waals surface area (Å²) in [5.74, 6) is 1.90. The van der Waals surface area contributed by atoms with E-state index in [0.29, 0.717) is 12.6 Å². The third kappa shape index (κ3) is 6.25. The molecule has 1 saturated heterocycles. The van der Waals surface area contributed by atoms with Crippen LogP contribution in [0.25, 0.3) is 10.9 Å². The summed E-state index contributed by atoms with van der Waals surface area (Å²) < 4.78 is 0. The van der Waals surface area contributed by atoms with Gasteiger partial charge >= 0.3 is 0 Å². The number of anilines is 1. The van der Waals surface area contributed by atoms with Crippen LogP contribution in [0, 0.1) is 0 Å². The number of benzene rings is 1. The van der Waals surface area contributed by atoms with Gasteiger partial charge < -0.3 is 20.4 Å². The van der Waals surface area contributed by atoms with Crippen LogP contribution in [0.15, 0.2) is 35.3 Å². The zero-order valence-electron chi connectivity index (χ0n) is 19.8. The fourth-order valence-electron chi connectivity index (χ4n) is 4.95. The Kier molecular flexibility index (Phi) is 9.40. The molecule has 2 fully saturated rings. The highest BCUT2D eigenvalue weighted by Crippen LogP contribution is 2.26. The van der Waals surface area contributed by atoms with Crippen LogP contribution >= 0.6 is 24.0 Å². The van der Waals surface area contributed by atoms with Crippen molar-refractivity contribution in [3.63, 3.8) is 0 Å². The van der Waals surface area contributed by atoms with Gasteiger partial charge in [0.05, 0.1) is 12.1 Å². The second kappa shape index (κ2) is 12.0. The van der Waals surface area contributed by atoms with Crippen molar-refractivity contribution in [2.24, 2.45) is 4.99 Å². The van der Waals surface area contributed by atoms with Gasteiger partial charge in [-0.15, -0.1) is 24.0 Å². The standard InChI is InChI=1S/C25H38N6.HI/c1-4-26-25(28-20-13-15-31(16-14-20)21-9-5-6-10-21)27-18-19-17-24(30(2)3)29-23-12-8-7-11-22(19)23;/h7-8,11-12,17,20-21H,4-6,9-10,13-16,18H2,1-3H3,(H2,26,27,28);1H. The molecule has 6 nitrogen and oxygen atoms in total. The highest BCUT2D eigenvalue weighted by Gasteiger charge is 2.27. The second-order valence-electron chi connectivity index (χ2n) is 9.14. The van der Waals surface area contributed by atoms with Gasteiger partial charge in [0.15, 0.2) is 5.96 Å². The van der Waals surface area contributed by atoms with Crippen molar-refractivity contribution in [3.8, 4) is 0 Å². The third-order valence-corrected chi connectivity index (χ3v) is 6.71.